The summed E-state index contributed by atoms with van der Waals surface area (Å²) in [5.74, 6) is -0.566. The van der Waals surface area contributed by atoms with Crippen LogP contribution in [0.2, 0.25) is 5.02 Å². The van der Waals surface area contributed by atoms with Gasteiger partial charge in [-0.05, 0) is 36.8 Å². The Labute approximate surface area is 187 Å². The topological polar surface area (TPSA) is 107 Å². The van der Waals surface area contributed by atoms with Gasteiger partial charge < -0.3 is 9.54 Å². The van der Waals surface area contributed by atoms with Crippen LogP contribution in [0.15, 0.2) is 53.9 Å². The van der Waals surface area contributed by atoms with Crippen LogP contribution in [0, 0.1) is 6.92 Å². The van der Waals surface area contributed by atoms with E-state index in [-0.39, 0.29) is 22.0 Å². The molecule has 0 radical (unpaired) electrons. The maximum absolute atomic E-state index is 13.2. The fourth-order valence-corrected chi connectivity index (χ4v) is 4.10. The lowest BCUT2D eigenvalue weighted by Gasteiger charge is -2.16. The Morgan fingerprint density at radius 2 is 1.94 bits per heavy atom. The highest BCUT2D eigenvalue weighted by Gasteiger charge is 2.35. The highest BCUT2D eigenvalue weighted by atomic mass is 35.5. The summed E-state index contributed by atoms with van der Waals surface area (Å²) in [5, 5.41) is -0.0370. The SMILES string of the molecule is Cc1cnc(C(=O)c2ncnc3[nH]ccc23)c(N[S+]([O-])c2ccc(Cl)c(C(F)(F)F)c2)c1. The van der Waals surface area contributed by atoms with E-state index in [1.54, 1.807) is 19.2 Å². The van der Waals surface area contributed by atoms with Crippen molar-refractivity contribution in [3.63, 3.8) is 0 Å². The summed E-state index contributed by atoms with van der Waals surface area (Å²) in [6, 6.07) is 6.08. The van der Waals surface area contributed by atoms with Crippen molar-refractivity contribution in [3.05, 3.63) is 76.6 Å². The second-order valence-corrected chi connectivity index (χ2v) is 8.33. The summed E-state index contributed by atoms with van der Waals surface area (Å²) in [6.45, 7) is 1.70. The van der Waals surface area contributed by atoms with Gasteiger partial charge in [0, 0.05) is 23.8 Å². The van der Waals surface area contributed by atoms with E-state index >= 15 is 0 Å². The maximum atomic E-state index is 13.2. The zero-order valence-corrected chi connectivity index (χ0v) is 17.8. The molecule has 0 aliphatic heterocycles. The van der Waals surface area contributed by atoms with E-state index in [9.17, 15) is 22.5 Å². The Kier molecular flexibility index (Phi) is 5.80. The second-order valence-electron chi connectivity index (χ2n) is 6.71. The fraction of sp³-hybridized carbons (Fsp3) is 0.100. The van der Waals surface area contributed by atoms with Gasteiger partial charge in [-0.1, -0.05) is 11.6 Å². The molecule has 3 heterocycles. The van der Waals surface area contributed by atoms with Crippen LogP contribution in [0.25, 0.3) is 11.0 Å². The molecule has 0 saturated carbocycles. The lowest BCUT2D eigenvalue weighted by atomic mass is 10.1. The van der Waals surface area contributed by atoms with Crippen LogP contribution in [-0.4, -0.2) is 30.3 Å². The Morgan fingerprint density at radius 1 is 1.16 bits per heavy atom. The van der Waals surface area contributed by atoms with Crippen LogP contribution < -0.4 is 4.72 Å². The number of carbonyl (C=O) groups is 1. The van der Waals surface area contributed by atoms with Crippen molar-refractivity contribution in [3.8, 4) is 0 Å². The number of aromatic amines is 1. The molecule has 0 bridgehead atoms. The van der Waals surface area contributed by atoms with E-state index in [4.69, 9.17) is 11.6 Å². The predicted molar refractivity (Wildman–Crippen MR) is 113 cm³/mol. The molecule has 32 heavy (non-hydrogen) atoms. The number of nitrogens with one attached hydrogen (secondary N) is 2. The highest BCUT2D eigenvalue weighted by Crippen LogP contribution is 2.36. The average Bonchev–Trinajstić information content (AvgIpc) is 3.22. The number of fused-ring (bicyclic) bond motifs is 1. The van der Waals surface area contributed by atoms with Crippen LogP contribution in [0.3, 0.4) is 0 Å². The number of ketones is 1. The highest BCUT2D eigenvalue weighted by molar-refractivity contribution is 7.92. The zero-order chi connectivity index (χ0) is 23.0. The monoisotopic (exact) mass is 479 g/mol. The third-order valence-electron chi connectivity index (χ3n) is 4.47. The van der Waals surface area contributed by atoms with Gasteiger partial charge in [0.05, 0.1) is 10.6 Å². The third kappa shape index (κ3) is 4.27. The molecular formula is C20H13ClF3N5O2S. The number of hydrogen-bond donors (Lipinski definition) is 2. The van der Waals surface area contributed by atoms with Gasteiger partial charge in [-0.3, -0.25) is 9.78 Å². The summed E-state index contributed by atoms with van der Waals surface area (Å²) in [7, 11) is 0. The van der Waals surface area contributed by atoms with Crippen LogP contribution in [0.5, 0.6) is 0 Å². The number of anilines is 1. The first-order valence-corrected chi connectivity index (χ1v) is 10.5. The number of aromatic nitrogens is 4. The molecule has 0 spiro atoms. The zero-order valence-electron chi connectivity index (χ0n) is 16.2. The van der Waals surface area contributed by atoms with Crippen LogP contribution in [0.1, 0.15) is 27.3 Å². The van der Waals surface area contributed by atoms with Gasteiger partial charge in [0.25, 0.3) is 0 Å². The summed E-state index contributed by atoms with van der Waals surface area (Å²) in [6.07, 6.45) is -0.442. The third-order valence-corrected chi connectivity index (χ3v) is 5.89. The van der Waals surface area contributed by atoms with Crippen molar-refractivity contribution >= 4 is 45.5 Å². The number of H-pyrrole nitrogens is 1. The van der Waals surface area contributed by atoms with Crippen molar-refractivity contribution in [2.75, 3.05) is 4.72 Å². The predicted octanol–water partition coefficient (Wildman–Crippen LogP) is 4.70. The molecule has 1 unspecified atom stereocenters. The smallest absolute Gasteiger partial charge is 0.418 e. The van der Waals surface area contributed by atoms with E-state index < -0.39 is 33.9 Å². The minimum Gasteiger partial charge on any atom is -0.588 e. The van der Waals surface area contributed by atoms with Gasteiger partial charge in [0.15, 0.2) is 4.90 Å². The Morgan fingerprint density at radius 3 is 2.69 bits per heavy atom. The number of nitrogens with zero attached hydrogens (tertiary/aromatic N) is 3. The van der Waals surface area contributed by atoms with E-state index in [0.29, 0.717) is 22.7 Å². The molecule has 2 N–H and O–H groups in total. The molecule has 4 aromatic rings. The first kappa shape index (κ1) is 22.1. The van der Waals surface area contributed by atoms with Crippen molar-refractivity contribution < 1.29 is 22.5 Å². The van der Waals surface area contributed by atoms with E-state index in [0.717, 1.165) is 6.07 Å². The summed E-state index contributed by atoms with van der Waals surface area (Å²) < 4.78 is 54.9. The number of carbonyl (C=O) groups excluding carboxylic acids is 1. The van der Waals surface area contributed by atoms with E-state index in [1.165, 1.54) is 24.7 Å². The molecule has 0 aliphatic rings. The molecule has 4 rings (SSSR count). The number of hydrogen-bond acceptors (Lipinski definition) is 6. The number of halogens is 4. The van der Waals surface area contributed by atoms with E-state index in [1.807, 2.05) is 0 Å². The molecule has 1 aromatic carbocycles. The molecular weight excluding hydrogens is 467 g/mol. The maximum Gasteiger partial charge on any atom is 0.418 e. The lowest BCUT2D eigenvalue weighted by Crippen LogP contribution is -2.18. The Balaban J connectivity index is 1.71. The summed E-state index contributed by atoms with van der Waals surface area (Å²) >= 11 is 3.49. The average molecular weight is 480 g/mol. The minimum atomic E-state index is -4.71. The number of pyridine rings is 1. The lowest BCUT2D eigenvalue weighted by molar-refractivity contribution is -0.137. The van der Waals surface area contributed by atoms with Gasteiger partial charge in [-0.25, -0.2) is 14.7 Å². The largest absolute Gasteiger partial charge is 0.588 e. The summed E-state index contributed by atoms with van der Waals surface area (Å²) in [5.41, 5.74) is 0.0555. The van der Waals surface area contributed by atoms with Gasteiger partial charge in [-0.15, -0.1) is 0 Å². The standard InChI is InChI=1S/C20H13ClF3N5O2S/c1-10-6-15(29-32(31)11-2-3-14(21)13(7-11)20(22,23)24)17(26-8-10)18(30)16-12-4-5-25-19(12)28-9-27-16/h2-9,29H,1H3,(H,25,27,28). The fourth-order valence-electron chi connectivity index (χ4n) is 2.99. The van der Waals surface area contributed by atoms with Crippen LogP contribution >= 0.6 is 11.6 Å². The van der Waals surface area contributed by atoms with Gasteiger partial charge in [0.1, 0.15) is 40.4 Å². The molecule has 12 heteroatoms. The number of benzene rings is 1. The molecule has 0 amide bonds. The molecule has 164 valence electrons. The van der Waals surface area contributed by atoms with Crippen LogP contribution in [-0.2, 0) is 17.5 Å². The molecule has 0 saturated heterocycles. The van der Waals surface area contributed by atoms with Crippen molar-refractivity contribution in [2.45, 2.75) is 18.0 Å². The Bertz CT molecular complexity index is 1330. The van der Waals surface area contributed by atoms with Crippen molar-refractivity contribution in [1.82, 2.24) is 19.9 Å². The van der Waals surface area contributed by atoms with Crippen molar-refractivity contribution in [2.24, 2.45) is 0 Å². The molecule has 1 atom stereocenters. The number of rotatable bonds is 5. The minimum absolute atomic E-state index is 0.0762. The normalized spacial score (nSPS) is 12.7. The van der Waals surface area contributed by atoms with Gasteiger partial charge in [0.2, 0.25) is 5.78 Å². The van der Waals surface area contributed by atoms with Crippen molar-refractivity contribution in [1.29, 1.82) is 0 Å². The first-order chi connectivity index (χ1) is 15.1. The number of alkyl halides is 3. The molecule has 7 nitrogen and oxygen atoms in total. The quantitative estimate of drug-likeness (QED) is 0.317. The summed E-state index contributed by atoms with van der Waals surface area (Å²) in [4.78, 5) is 28.1. The van der Waals surface area contributed by atoms with Gasteiger partial charge in [-0.2, -0.15) is 13.2 Å². The van der Waals surface area contributed by atoms with E-state index in [2.05, 4.69) is 24.7 Å². The molecule has 3 aromatic heterocycles. The molecule has 0 aliphatic carbocycles. The van der Waals surface area contributed by atoms with Crippen LogP contribution in [0.4, 0.5) is 18.9 Å². The molecule has 0 fully saturated rings. The second kappa shape index (κ2) is 8.41. The Hall–Kier alpha value is -3.15. The first-order valence-electron chi connectivity index (χ1n) is 9.00. The van der Waals surface area contributed by atoms with Gasteiger partial charge >= 0.3 is 6.18 Å². The number of aryl methyl sites for hydroxylation is 1.